The van der Waals surface area contributed by atoms with Crippen LogP contribution in [0.3, 0.4) is 0 Å². The lowest BCUT2D eigenvalue weighted by Crippen LogP contribution is -2.41. The Bertz CT molecular complexity index is 641. The SMILES string of the molecule is COC(=O)C(CC(C)C)NS(=O)(=O)C=Cc1ccccc1Cl. The molecule has 0 saturated heterocycles. The van der Waals surface area contributed by atoms with Crippen LogP contribution >= 0.6 is 11.6 Å². The molecule has 1 aromatic rings. The molecule has 0 radical (unpaired) electrons. The molecule has 0 spiro atoms. The Morgan fingerprint density at radius 1 is 1.36 bits per heavy atom. The number of carbonyl (C=O) groups is 1. The van der Waals surface area contributed by atoms with Crippen molar-refractivity contribution in [3.63, 3.8) is 0 Å². The number of ether oxygens (including phenoxy) is 1. The number of esters is 1. The van der Waals surface area contributed by atoms with Crippen LogP contribution in [0.2, 0.25) is 5.02 Å². The molecule has 0 amide bonds. The third kappa shape index (κ3) is 6.17. The standard InChI is InChI=1S/C15H20ClNO4S/c1-11(2)10-14(15(18)21-3)17-22(19,20)9-8-12-6-4-5-7-13(12)16/h4-9,11,14,17H,10H2,1-3H3. The van der Waals surface area contributed by atoms with Crippen molar-refractivity contribution in [2.24, 2.45) is 5.92 Å². The number of hydrogen-bond donors (Lipinski definition) is 1. The summed E-state index contributed by atoms with van der Waals surface area (Å²) in [5, 5.41) is 1.44. The maximum atomic E-state index is 12.1. The van der Waals surface area contributed by atoms with Crippen molar-refractivity contribution in [1.82, 2.24) is 4.72 Å². The minimum atomic E-state index is -3.79. The molecule has 0 aliphatic carbocycles. The third-order valence-corrected chi connectivity index (χ3v) is 4.28. The van der Waals surface area contributed by atoms with Crippen LogP contribution < -0.4 is 4.72 Å². The minimum absolute atomic E-state index is 0.138. The van der Waals surface area contributed by atoms with E-state index in [-0.39, 0.29) is 5.92 Å². The molecule has 0 bridgehead atoms. The summed E-state index contributed by atoms with van der Waals surface area (Å²) in [6, 6.07) is 5.95. The van der Waals surface area contributed by atoms with Crippen molar-refractivity contribution in [1.29, 1.82) is 0 Å². The summed E-state index contributed by atoms with van der Waals surface area (Å²) in [5.74, 6) is -0.470. The Kier molecular flexibility index (Phi) is 7.06. The Hall–Kier alpha value is -1.37. The topological polar surface area (TPSA) is 72.5 Å². The third-order valence-electron chi connectivity index (χ3n) is 2.83. The average molecular weight is 346 g/mol. The highest BCUT2D eigenvalue weighted by Crippen LogP contribution is 2.17. The van der Waals surface area contributed by atoms with Crippen molar-refractivity contribution in [2.45, 2.75) is 26.3 Å². The summed E-state index contributed by atoms with van der Waals surface area (Å²) < 4.78 is 31.1. The lowest BCUT2D eigenvalue weighted by Gasteiger charge is -2.17. The summed E-state index contributed by atoms with van der Waals surface area (Å²) in [6.07, 6.45) is 1.74. The molecular weight excluding hydrogens is 326 g/mol. The highest BCUT2D eigenvalue weighted by molar-refractivity contribution is 7.92. The Labute approximate surface area is 136 Å². The zero-order chi connectivity index (χ0) is 16.8. The largest absolute Gasteiger partial charge is 0.468 e. The number of methoxy groups -OCH3 is 1. The van der Waals surface area contributed by atoms with Crippen molar-refractivity contribution in [2.75, 3.05) is 7.11 Å². The van der Waals surface area contributed by atoms with E-state index in [1.807, 2.05) is 13.8 Å². The molecule has 1 aromatic carbocycles. The monoisotopic (exact) mass is 345 g/mol. The number of benzene rings is 1. The van der Waals surface area contributed by atoms with E-state index in [0.29, 0.717) is 17.0 Å². The summed E-state index contributed by atoms with van der Waals surface area (Å²) in [6.45, 7) is 3.79. The first-order valence-electron chi connectivity index (χ1n) is 6.78. The van der Waals surface area contributed by atoms with Gasteiger partial charge in [0.05, 0.1) is 7.11 Å². The molecule has 0 saturated carbocycles. The Balaban J connectivity index is 2.88. The highest BCUT2D eigenvalue weighted by atomic mass is 35.5. The van der Waals surface area contributed by atoms with Gasteiger partial charge in [0, 0.05) is 10.4 Å². The second-order valence-electron chi connectivity index (χ2n) is 5.19. The first kappa shape index (κ1) is 18.7. The number of carbonyl (C=O) groups excluding carboxylic acids is 1. The summed E-state index contributed by atoms with van der Waals surface area (Å²) in [7, 11) is -2.56. The number of nitrogens with one attached hydrogen (secondary N) is 1. The van der Waals surface area contributed by atoms with E-state index in [9.17, 15) is 13.2 Å². The van der Waals surface area contributed by atoms with E-state index in [1.165, 1.54) is 13.2 Å². The number of halogens is 1. The molecule has 1 unspecified atom stereocenters. The van der Waals surface area contributed by atoms with E-state index in [4.69, 9.17) is 11.6 Å². The van der Waals surface area contributed by atoms with Crippen LogP contribution in [0.15, 0.2) is 29.7 Å². The molecule has 7 heteroatoms. The van der Waals surface area contributed by atoms with E-state index < -0.39 is 22.0 Å². The predicted molar refractivity (Wildman–Crippen MR) is 87.8 cm³/mol. The van der Waals surface area contributed by atoms with E-state index in [0.717, 1.165) is 5.41 Å². The van der Waals surface area contributed by atoms with Crippen LogP contribution in [0, 0.1) is 5.92 Å². The molecule has 0 fully saturated rings. The normalized spacial score (nSPS) is 13.5. The molecule has 0 aliphatic rings. The lowest BCUT2D eigenvalue weighted by molar-refractivity contribution is -0.143. The molecule has 0 aliphatic heterocycles. The van der Waals surface area contributed by atoms with Crippen LogP contribution in [0.25, 0.3) is 6.08 Å². The summed E-state index contributed by atoms with van der Waals surface area (Å²) >= 11 is 5.96. The van der Waals surface area contributed by atoms with Gasteiger partial charge in [0.25, 0.3) is 0 Å². The molecule has 5 nitrogen and oxygen atoms in total. The van der Waals surface area contributed by atoms with Gasteiger partial charge in [-0.25, -0.2) is 8.42 Å². The van der Waals surface area contributed by atoms with E-state index in [1.54, 1.807) is 24.3 Å². The average Bonchev–Trinajstić information content (AvgIpc) is 2.44. The van der Waals surface area contributed by atoms with Crippen LogP contribution in [-0.4, -0.2) is 27.5 Å². The molecule has 22 heavy (non-hydrogen) atoms. The van der Waals surface area contributed by atoms with Gasteiger partial charge in [-0.2, -0.15) is 4.72 Å². The van der Waals surface area contributed by atoms with Gasteiger partial charge in [-0.05, 0) is 30.0 Å². The van der Waals surface area contributed by atoms with Gasteiger partial charge >= 0.3 is 5.97 Å². The van der Waals surface area contributed by atoms with Crippen LogP contribution in [0.5, 0.6) is 0 Å². The first-order chi connectivity index (χ1) is 10.2. The zero-order valence-corrected chi connectivity index (χ0v) is 14.3. The molecule has 0 aromatic heterocycles. The van der Waals surface area contributed by atoms with Crippen molar-refractivity contribution in [3.05, 3.63) is 40.3 Å². The van der Waals surface area contributed by atoms with Crippen molar-refractivity contribution < 1.29 is 17.9 Å². The fraction of sp³-hybridized carbons (Fsp3) is 0.400. The number of hydrogen-bond acceptors (Lipinski definition) is 4. The second kappa shape index (κ2) is 8.31. The van der Waals surface area contributed by atoms with Gasteiger partial charge < -0.3 is 4.74 Å². The zero-order valence-electron chi connectivity index (χ0n) is 12.7. The van der Waals surface area contributed by atoms with Crippen LogP contribution in [0.4, 0.5) is 0 Å². The maximum Gasteiger partial charge on any atom is 0.323 e. The summed E-state index contributed by atoms with van der Waals surface area (Å²) in [5.41, 5.74) is 0.577. The van der Waals surface area contributed by atoms with Crippen LogP contribution in [0.1, 0.15) is 25.8 Å². The molecule has 1 N–H and O–H groups in total. The minimum Gasteiger partial charge on any atom is -0.468 e. The van der Waals surface area contributed by atoms with Gasteiger partial charge in [0.15, 0.2) is 0 Å². The van der Waals surface area contributed by atoms with Gasteiger partial charge in [-0.3, -0.25) is 4.79 Å². The van der Waals surface area contributed by atoms with Gasteiger partial charge in [0.2, 0.25) is 10.0 Å². The van der Waals surface area contributed by atoms with E-state index in [2.05, 4.69) is 9.46 Å². The quantitative estimate of drug-likeness (QED) is 0.771. The second-order valence-corrected chi connectivity index (χ2v) is 7.20. The smallest absolute Gasteiger partial charge is 0.323 e. The van der Waals surface area contributed by atoms with Crippen molar-refractivity contribution >= 4 is 33.7 Å². The molecule has 0 heterocycles. The van der Waals surface area contributed by atoms with Gasteiger partial charge in [0.1, 0.15) is 6.04 Å². The fourth-order valence-corrected chi connectivity index (χ4v) is 3.01. The van der Waals surface area contributed by atoms with Gasteiger partial charge in [-0.1, -0.05) is 43.6 Å². The van der Waals surface area contributed by atoms with Crippen molar-refractivity contribution in [3.8, 4) is 0 Å². The Morgan fingerprint density at radius 3 is 2.55 bits per heavy atom. The molecule has 122 valence electrons. The Morgan fingerprint density at radius 2 is 2.00 bits per heavy atom. The maximum absolute atomic E-state index is 12.1. The fourth-order valence-electron chi connectivity index (χ4n) is 1.82. The molecular formula is C15H20ClNO4S. The summed E-state index contributed by atoms with van der Waals surface area (Å²) in [4.78, 5) is 11.7. The molecule has 1 atom stereocenters. The van der Waals surface area contributed by atoms with Gasteiger partial charge in [-0.15, -0.1) is 0 Å². The number of rotatable bonds is 7. The first-order valence-corrected chi connectivity index (χ1v) is 8.70. The number of sulfonamides is 1. The lowest BCUT2D eigenvalue weighted by atomic mass is 10.1. The van der Waals surface area contributed by atoms with E-state index >= 15 is 0 Å². The predicted octanol–water partition coefficient (Wildman–Crippen LogP) is 2.82. The molecule has 1 rings (SSSR count). The highest BCUT2D eigenvalue weighted by Gasteiger charge is 2.24. The van der Waals surface area contributed by atoms with Crippen LogP contribution in [-0.2, 0) is 19.6 Å².